The first-order valence-electron chi connectivity index (χ1n) is 16.9. The molecule has 0 atom stereocenters. The summed E-state index contributed by atoms with van der Waals surface area (Å²) in [4.78, 5) is 87.6. The van der Waals surface area contributed by atoms with E-state index in [-0.39, 0.29) is 54.2 Å². The molecule has 0 bridgehead atoms. The maximum absolute atomic E-state index is 13.4. The molecule has 0 spiro atoms. The summed E-state index contributed by atoms with van der Waals surface area (Å²) in [5.41, 5.74) is -4.82. The zero-order valence-corrected chi connectivity index (χ0v) is 30.7. The second-order valence-electron chi connectivity index (χ2n) is 13.3. The highest BCUT2D eigenvalue weighted by Gasteiger charge is 2.27. The molecule has 15 nitrogen and oxygen atoms in total. The molecule has 0 heterocycles. The first-order chi connectivity index (χ1) is 26.3. The number of hydrogen-bond donors (Lipinski definition) is 4. The molecule has 4 N–H and O–H groups in total. The van der Waals surface area contributed by atoms with Gasteiger partial charge in [0.25, 0.3) is 0 Å². The van der Waals surface area contributed by atoms with Gasteiger partial charge >= 0.3 is 23.9 Å². The van der Waals surface area contributed by atoms with Crippen LogP contribution in [-0.2, 0) is 9.47 Å². The third-order valence-corrected chi connectivity index (χ3v) is 7.98. The van der Waals surface area contributed by atoms with Gasteiger partial charge in [-0.2, -0.15) is 0 Å². The van der Waals surface area contributed by atoms with Crippen LogP contribution < -0.4 is 9.47 Å². The summed E-state index contributed by atoms with van der Waals surface area (Å²) in [7, 11) is 0. The van der Waals surface area contributed by atoms with Gasteiger partial charge in [-0.15, -0.1) is 0 Å². The van der Waals surface area contributed by atoms with E-state index >= 15 is 0 Å². The summed E-state index contributed by atoms with van der Waals surface area (Å²) in [5.74, 6) is -6.23. The third-order valence-electron chi connectivity index (χ3n) is 7.98. The zero-order chi connectivity index (χ0) is 41.4. The number of carboxylic acids is 2. The number of aromatic carboxylic acids is 2. The highest BCUT2D eigenvalue weighted by molar-refractivity contribution is 6.13. The zero-order valence-electron chi connectivity index (χ0n) is 30.7. The molecule has 0 fully saturated rings. The predicted molar refractivity (Wildman–Crippen MR) is 196 cm³/mol. The summed E-state index contributed by atoms with van der Waals surface area (Å²) in [6.45, 7) is 4.55. The number of benzene rings is 4. The van der Waals surface area contributed by atoms with E-state index in [2.05, 4.69) is 0 Å². The Hall–Kier alpha value is -6.71. The summed E-state index contributed by atoms with van der Waals surface area (Å²) >= 11 is 0. The Labute approximate surface area is 320 Å². The first-order valence-corrected chi connectivity index (χ1v) is 16.9. The van der Waals surface area contributed by atoms with Crippen molar-refractivity contribution in [3.63, 3.8) is 0 Å². The fourth-order valence-electron chi connectivity index (χ4n) is 5.10. The van der Waals surface area contributed by atoms with E-state index in [1.54, 1.807) is 0 Å². The van der Waals surface area contributed by atoms with Crippen LogP contribution in [0.2, 0.25) is 0 Å². The van der Waals surface area contributed by atoms with E-state index < -0.39 is 69.1 Å². The average Bonchev–Trinajstić information content (AvgIpc) is 3.16. The number of ether oxygens (including phenoxy) is 4. The van der Waals surface area contributed by atoms with Crippen molar-refractivity contribution in [1.29, 1.82) is 0 Å². The van der Waals surface area contributed by atoms with Crippen molar-refractivity contribution in [2.75, 3.05) is 26.4 Å². The molecule has 0 aliphatic carbocycles. The van der Waals surface area contributed by atoms with Crippen molar-refractivity contribution < 1.29 is 72.9 Å². The molecule has 0 saturated carbocycles. The molecule has 292 valence electrons. The van der Waals surface area contributed by atoms with Crippen LogP contribution in [0.5, 0.6) is 11.5 Å². The number of esters is 2. The number of rotatable bonds is 18. The van der Waals surface area contributed by atoms with Crippen LogP contribution in [0.4, 0.5) is 0 Å². The molecule has 0 saturated heterocycles. The van der Waals surface area contributed by atoms with E-state index in [1.807, 2.05) is 0 Å². The van der Waals surface area contributed by atoms with Crippen LogP contribution >= 0.6 is 0 Å². The Kier molecular flexibility index (Phi) is 13.2. The molecular weight excluding hydrogens is 732 g/mol. The van der Waals surface area contributed by atoms with E-state index in [4.69, 9.17) is 18.9 Å². The summed E-state index contributed by atoms with van der Waals surface area (Å²) < 4.78 is 21.4. The van der Waals surface area contributed by atoms with Crippen LogP contribution in [0.25, 0.3) is 0 Å². The average molecular weight is 771 g/mol. The van der Waals surface area contributed by atoms with Crippen molar-refractivity contribution in [3.05, 3.63) is 129 Å². The van der Waals surface area contributed by atoms with Crippen molar-refractivity contribution in [2.24, 2.45) is 0 Å². The van der Waals surface area contributed by atoms with Crippen molar-refractivity contribution in [1.82, 2.24) is 0 Å². The van der Waals surface area contributed by atoms with E-state index in [9.17, 15) is 54.0 Å². The Morgan fingerprint density at radius 3 is 1.21 bits per heavy atom. The second kappa shape index (κ2) is 17.6. The van der Waals surface area contributed by atoms with Gasteiger partial charge in [-0.1, -0.05) is 12.1 Å². The van der Waals surface area contributed by atoms with Crippen LogP contribution in [0.3, 0.4) is 0 Å². The molecule has 15 heteroatoms. The number of carbonyl (C=O) groups is 7. The maximum atomic E-state index is 13.4. The molecule has 0 aliphatic heterocycles. The largest absolute Gasteiger partial charge is 0.490 e. The maximum Gasteiger partial charge on any atom is 0.339 e. The fraction of sp³-hybridized carbons (Fsp3) is 0.244. The van der Waals surface area contributed by atoms with Gasteiger partial charge in [-0.3, -0.25) is 14.4 Å². The minimum Gasteiger partial charge on any atom is -0.490 e. The van der Waals surface area contributed by atoms with Crippen molar-refractivity contribution >= 4 is 41.2 Å². The molecule has 0 amide bonds. The van der Waals surface area contributed by atoms with Crippen LogP contribution in [-0.4, -0.2) is 99.3 Å². The van der Waals surface area contributed by atoms with Gasteiger partial charge in [0.15, 0.2) is 17.3 Å². The number of Topliss-reactive ketones (excluding diaryl/α,β-unsaturated/α-hetero) is 2. The molecule has 0 aliphatic rings. The van der Waals surface area contributed by atoms with Gasteiger partial charge in [0, 0.05) is 22.3 Å². The number of ketones is 3. The minimum absolute atomic E-state index is 0.130. The molecular formula is C41H38O15. The Morgan fingerprint density at radius 1 is 0.464 bits per heavy atom. The molecule has 4 aromatic rings. The van der Waals surface area contributed by atoms with E-state index in [0.29, 0.717) is 11.5 Å². The highest BCUT2D eigenvalue weighted by atomic mass is 16.6. The second-order valence-corrected chi connectivity index (χ2v) is 13.3. The standard InChI is InChI=1S/C41H38O15/c1-40(2,51)34(43)23-5-11-27(12-6-23)53-17-19-55-38(49)30-16-10-25(21-31(30)37(47)48)33(42)26-9-15-29(36(45)46)32(22-26)39(50)56-20-18-54-28-13-7-24(8-14-28)35(44)41(3,4)52/h5-16,21-22,51-52H,17-20H2,1-4H3,(H,45,46)(H,47,48). The summed E-state index contributed by atoms with van der Waals surface area (Å²) in [6.07, 6.45) is 0. The van der Waals surface area contributed by atoms with Gasteiger partial charge in [0.2, 0.25) is 0 Å². The van der Waals surface area contributed by atoms with Gasteiger partial charge in [0.1, 0.15) is 49.1 Å². The summed E-state index contributed by atoms with van der Waals surface area (Å²) in [6, 6.07) is 18.1. The molecule has 0 radical (unpaired) electrons. The lowest BCUT2D eigenvalue weighted by Gasteiger charge is -2.15. The predicted octanol–water partition coefficient (Wildman–Crippen LogP) is 4.69. The van der Waals surface area contributed by atoms with E-state index in [0.717, 1.165) is 30.3 Å². The van der Waals surface area contributed by atoms with E-state index in [1.165, 1.54) is 82.3 Å². The lowest BCUT2D eigenvalue weighted by molar-refractivity contribution is 0.0437. The van der Waals surface area contributed by atoms with Crippen LogP contribution in [0.15, 0.2) is 84.9 Å². The first kappa shape index (κ1) is 42.0. The molecule has 4 aromatic carbocycles. The lowest BCUT2D eigenvalue weighted by Crippen LogP contribution is -2.30. The number of carbonyl (C=O) groups excluding carboxylic acids is 5. The van der Waals surface area contributed by atoms with Crippen LogP contribution in [0, 0.1) is 0 Å². The topological polar surface area (TPSA) is 237 Å². The molecule has 0 unspecified atom stereocenters. The molecule has 4 rings (SSSR count). The molecule has 56 heavy (non-hydrogen) atoms. The van der Waals surface area contributed by atoms with Gasteiger partial charge < -0.3 is 39.4 Å². The van der Waals surface area contributed by atoms with Gasteiger partial charge in [-0.05, 0) is 100 Å². The Morgan fingerprint density at radius 2 is 0.821 bits per heavy atom. The highest BCUT2D eigenvalue weighted by Crippen LogP contribution is 2.22. The Balaban J connectivity index is 1.38. The normalized spacial score (nSPS) is 11.2. The SMILES string of the molecule is CC(C)(O)C(=O)c1ccc(OCCOC(=O)c2ccc(C(=O)c3ccc(C(=O)O)c(C(=O)OCCOc4ccc(C(=O)C(C)(C)O)cc4)c3)cc2C(=O)O)cc1. The monoisotopic (exact) mass is 770 g/mol. The Bertz CT molecular complexity index is 2150. The van der Waals surface area contributed by atoms with Crippen LogP contribution in [0.1, 0.15) is 106 Å². The smallest absolute Gasteiger partial charge is 0.339 e. The number of aliphatic hydroxyl groups is 2. The molecule has 0 aromatic heterocycles. The third kappa shape index (κ3) is 10.7. The fourth-order valence-corrected chi connectivity index (χ4v) is 5.10. The van der Waals surface area contributed by atoms with Crippen molar-refractivity contribution in [2.45, 2.75) is 38.9 Å². The van der Waals surface area contributed by atoms with Crippen molar-refractivity contribution in [3.8, 4) is 11.5 Å². The van der Waals surface area contributed by atoms with Gasteiger partial charge in [-0.25, -0.2) is 19.2 Å². The number of hydrogen-bond acceptors (Lipinski definition) is 13. The summed E-state index contributed by atoms with van der Waals surface area (Å²) in [5, 5.41) is 39.3. The van der Waals surface area contributed by atoms with Gasteiger partial charge in [0.05, 0.1) is 22.3 Å². The quantitative estimate of drug-likeness (QED) is 0.0610. The minimum atomic E-state index is -1.56. The lowest BCUT2D eigenvalue weighted by atomic mass is 9.95. The number of carboxylic acid groups (broad SMARTS) is 2.